The van der Waals surface area contributed by atoms with Crippen LogP contribution < -0.4 is 9.62 Å². The zero-order valence-corrected chi connectivity index (χ0v) is 19.1. The maximum atomic E-state index is 12.9. The molecule has 1 saturated carbocycles. The zero-order chi connectivity index (χ0) is 21.1. The van der Waals surface area contributed by atoms with Gasteiger partial charge in [0.2, 0.25) is 10.0 Å². The van der Waals surface area contributed by atoms with Crippen LogP contribution in [0.2, 0.25) is 10.0 Å². The molecule has 0 unspecified atom stereocenters. The summed E-state index contributed by atoms with van der Waals surface area (Å²) in [6.45, 7) is 3.65. The Kier molecular flexibility index (Phi) is 6.90. The highest BCUT2D eigenvalue weighted by molar-refractivity contribution is 7.89. The van der Waals surface area contributed by atoms with Gasteiger partial charge in [0.1, 0.15) is 0 Å². The molecule has 2 aromatic rings. The molecule has 1 aliphatic carbocycles. The molecule has 4 rings (SSSR count). The average molecular weight is 468 g/mol. The number of hydrogen-bond acceptors (Lipinski definition) is 4. The summed E-state index contributed by atoms with van der Waals surface area (Å²) in [5, 5.41) is 1.28. The fourth-order valence-corrected chi connectivity index (χ4v) is 6.17. The summed E-state index contributed by atoms with van der Waals surface area (Å²) in [5.41, 5.74) is 1.14. The summed E-state index contributed by atoms with van der Waals surface area (Å²) < 4.78 is 28.8. The first-order valence-corrected chi connectivity index (χ1v) is 12.7. The van der Waals surface area contributed by atoms with Crippen molar-refractivity contribution in [1.29, 1.82) is 0 Å². The fourth-order valence-electron chi connectivity index (χ4n) is 4.55. The van der Waals surface area contributed by atoms with Crippen LogP contribution in [-0.2, 0) is 10.0 Å². The molecular weight excluding hydrogens is 441 g/mol. The second-order valence-electron chi connectivity index (χ2n) is 8.04. The largest absolute Gasteiger partial charge is 0.369 e. The van der Waals surface area contributed by atoms with Gasteiger partial charge in [-0.2, -0.15) is 0 Å². The second kappa shape index (κ2) is 9.45. The Hall–Kier alpha value is -1.31. The highest BCUT2D eigenvalue weighted by atomic mass is 35.5. The summed E-state index contributed by atoms with van der Waals surface area (Å²) >= 11 is 12.1. The molecule has 1 saturated heterocycles. The first kappa shape index (κ1) is 21.9. The van der Waals surface area contributed by atoms with Crippen molar-refractivity contribution in [2.75, 3.05) is 31.1 Å². The number of anilines is 1. The Bertz CT molecular complexity index is 961. The third kappa shape index (κ3) is 5.11. The van der Waals surface area contributed by atoms with Crippen LogP contribution in [0.5, 0.6) is 0 Å². The molecule has 5 nitrogen and oxygen atoms in total. The molecule has 0 amide bonds. The van der Waals surface area contributed by atoms with E-state index < -0.39 is 10.0 Å². The molecule has 2 fully saturated rings. The number of nitrogens with one attached hydrogen (secondary N) is 1. The monoisotopic (exact) mass is 467 g/mol. The van der Waals surface area contributed by atoms with Gasteiger partial charge in [-0.05, 0) is 55.3 Å². The minimum absolute atomic E-state index is 0.0721. The molecule has 162 valence electrons. The van der Waals surface area contributed by atoms with E-state index in [2.05, 4.69) is 20.6 Å². The van der Waals surface area contributed by atoms with Crippen molar-refractivity contribution in [3.8, 4) is 0 Å². The average Bonchev–Trinajstić information content (AvgIpc) is 2.74. The van der Waals surface area contributed by atoms with Crippen molar-refractivity contribution in [3.63, 3.8) is 0 Å². The number of hydrogen-bond donors (Lipinski definition) is 1. The van der Waals surface area contributed by atoms with E-state index in [9.17, 15) is 8.42 Å². The Morgan fingerprint density at radius 1 is 0.867 bits per heavy atom. The molecule has 0 aromatic heterocycles. The van der Waals surface area contributed by atoms with E-state index in [-0.39, 0.29) is 17.0 Å². The molecule has 2 aliphatic rings. The van der Waals surface area contributed by atoms with Crippen LogP contribution in [0.1, 0.15) is 25.7 Å². The van der Waals surface area contributed by atoms with Gasteiger partial charge in [-0.3, -0.25) is 4.90 Å². The van der Waals surface area contributed by atoms with Crippen LogP contribution in [-0.4, -0.2) is 51.6 Å². The predicted molar refractivity (Wildman–Crippen MR) is 123 cm³/mol. The topological polar surface area (TPSA) is 52.7 Å². The van der Waals surface area contributed by atoms with Crippen LogP contribution in [0.15, 0.2) is 53.4 Å². The van der Waals surface area contributed by atoms with Crippen molar-refractivity contribution in [2.24, 2.45) is 0 Å². The second-order valence-corrected chi connectivity index (χ2v) is 10.6. The highest BCUT2D eigenvalue weighted by Crippen LogP contribution is 2.28. The molecular formula is C22H27Cl2N3O2S. The first-order valence-electron chi connectivity index (χ1n) is 10.4. The molecule has 0 radical (unpaired) electrons. The van der Waals surface area contributed by atoms with E-state index in [4.69, 9.17) is 23.2 Å². The number of sulfonamides is 1. The van der Waals surface area contributed by atoms with Gasteiger partial charge < -0.3 is 4.90 Å². The van der Waals surface area contributed by atoms with Crippen molar-refractivity contribution < 1.29 is 8.42 Å². The minimum atomic E-state index is -3.57. The number of piperazine rings is 1. The maximum absolute atomic E-state index is 12.9. The van der Waals surface area contributed by atoms with E-state index in [0.717, 1.165) is 62.6 Å². The normalized spacial score (nSPS) is 23.5. The van der Waals surface area contributed by atoms with Crippen molar-refractivity contribution in [3.05, 3.63) is 58.6 Å². The summed E-state index contributed by atoms with van der Waals surface area (Å²) in [6.07, 6.45) is 4.07. The number of nitrogens with zero attached hydrogens (tertiary/aromatic N) is 2. The van der Waals surface area contributed by atoms with Gasteiger partial charge in [-0.25, -0.2) is 13.1 Å². The lowest BCUT2D eigenvalue weighted by Gasteiger charge is -2.44. The van der Waals surface area contributed by atoms with E-state index in [1.807, 2.05) is 18.2 Å². The van der Waals surface area contributed by atoms with Crippen molar-refractivity contribution >= 4 is 38.9 Å². The standard InChI is InChI=1S/C22H27Cl2N3O2S/c23-17-8-10-20(11-9-17)30(28,29)25-21-6-1-2-7-22(21)27-14-12-26(13-15-27)19-5-3-4-18(24)16-19/h3-5,8-11,16,21-22,25H,1-2,6-7,12-15H2/t21-,22-/m1/s1. The summed E-state index contributed by atoms with van der Waals surface area (Å²) in [6, 6.07) is 14.5. The fraction of sp³-hybridized carbons (Fsp3) is 0.455. The van der Waals surface area contributed by atoms with Gasteiger partial charge >= 0.3 is 0 Å². The Labute approximate surface area is 189 Å². The molecule has 0 bridgehead atoms. The smallest absolute Gasteiger partial charge is 0.240 e. The van der Waals surface area contributed by atoms with E-state index >= 15 is 0 Å². The van der Waals surface area contributed by atoms with Crippen molar-refractivity contribution in [1.82, 2.24) is 9.62 Å². The molecule has 1 heterocycles. The molecule has 1 aliphatic heterocycles. The lowest BCUT2D eigenvalue weighted by molar-refractivity contribution is 0.124. The number of halogens is 2. The third-order valence-electron chi connectivity index (χ3n) is 6.12. The highest BCUT2D eigenvalue weighted by Gasteiger charge is 2.34. The Balaban J connectivity index is 1.42. The van der Waals surface area contributed by atoms with E-state index in [0.29, 0.717) is 5.02 Å². The summed E-state index contributed by atoms with van der Waals surface area (Å²) in [7, 11) is -3.57. The van der Waals surface area contributed by atoms with E-state index in [1.54, 1.807) is 24.3 Å². The van der Waals surface area contributed by atoms with Gasteiger partial charge in [0.25, 0.3) is 0 Å². The molecule has 1 N–H and O–H groups in total. The minimum Gasteiger partial charge on any atom is -0.369 e. The molecule has 8 heteroatoms. The van der Waals surface area contributed by atoms with E-state index in [1.165, 1.54) is 0 Å². The van der Waals surface area contributed by atoms with Gasteiger partial charge in [0, 0.05) is 54.0 Å². The predicted octanol–water partition coefficient (Wildman–Crippen LogP) is 4.41. The SMILES string of the molecule is O=S(=O)(N[C@@H]1CCCC[C@H]1N1CCN(c2cccc(Cl)c2)CC1)c1ccc(Cl)cc1. The third-order valence-corrected chi connectivity index (χ3v) is 8.11. The summed E-state index contributed by atoms with van der Waals surface area (Å²) in [5.74, 6) is 0. The molecule has 0 spiro atoms. The van der Waals surface area contributed by atoms with Crippen molar-refractivity contribution in [2.45, 2.75) is 42.7 Å². The molecule has 2 atom stereocenters. The lowest BCUT2D eigenvalue weighted by Crippen LogP contribution is -2.58. The molecule has 30 heavy (non-hydrogen) atoms. The first-order chi connectivity index (χ1) is 14.4. The Morgan fingerprint density at radius 2 is 1.57 bits per heavy atom. The Morgan fingerprint density at radius 3 is 2.27 bits per heavy atom. The summed E-state index contributed by atoms with van der Waals surface area (Å²) in [4.78, 5) is 5.06. The number of benzene rings is 2. The quantitative estimate of drug-likeness (QED) is 0.707. The maximum Gasteiger partial charge on any atom is 0.240 e. The van der Waals surface area contributed by atoms with Crippen LogP contribution >= 0.6 is 23.2 Å². The van der Waals surface area contributed by atoms with Crippen LogP contribution in [0, 0.1) is 0 Å². The number of rotatable bonds is 5. The van der Waals surface area contributed by atoms with Gasteiger partial charge in [-0.1, -0.05) is 42.1 Å². The molecule has 2 aromatic carbocycles. The van der Waals surface area contributed by atoms with Gasteiger partial charge in [0.15, 0.2) is 0 Å². The lowest BCUT2D eigenvalue weighted by atomic mass is 9.89. The van der Waals surface area contributed by atoms with Gasteiger partial charge in [-0.15, -0.1) is 0 Å². The van der Waals surface area contributed by atoms with Crippen LogP contribution in [0.3, 0.4) is 0 Å². The van der Waals surface area contributed by atoms with Crippen LogP contribution in [0.25, 0.3) is 0 Å². The van der Waals surface area contributed by atoms with Gasteiger partial charge in [0.05, 0.1) is 4.90 Å². The van der Waals surface area contributed by atoms with Crippen LogP contribution in [0.4, 0.5) is 5.69 Å². The zero-order valence-electron chi connectivity index (χ0n) is 16.8.